The van der Waals surface area contributed by atoms with Crippen LogP contribution in [0.5, 0.6) is 0 Å². The number of benzene rings is 5. The zero-order valence-electron chi connectivity index (χ0n) is 33.0. The molecule has 0 amide bonds. The fourth-order valence-electron chi connectivity index (χ4n) is 4.41. The SMILES string of the molecule is [2H]c1c([2H])c([2H])c2c(c1[2H])c1c([2H])c(-n3c4c([2H])c([2H])c([2H])c([2H])c4c4c([2H])c([2H])c([2H])c([2H])c43)c([2H])c([2H])c1n2-c1ccc(B(O)O)c(S)c1. The van der Waals surface area contributed by atoms with Gasteiger partial charge >= 0.3 is 7.12 Å². The van der Waals surface area contributed by atoms with Crippen molar-refractivity contribution in [3.63, 3.8) is 0 Å². The van der Waals surface area contributed by atoms with Gasteiger partial charge in [-0.3, -0.25) is 0 Å². The number of aromatic nitrogens is 2. The second-order valence-corrected chi connectivity index (χ2v) is 8.39. The van der Waals surface area contributed by atoms with Crippen LogP contribution in [0.4, 0.5) is 0 Å². The van der Waals surface area contributed by atoms with Crippen molar-refractivity contribution < 1.29 is 30.6 Å². The van der Waals surface area contributed by atoms with Crippen molar-refractivity contribution in [2.24, 2.45) is 0 Å². The summed E-state index contributed by atoms with van der Waals surface area (Å²) in [6.45, 7) is 0. The molecule has 7 rings (SSSR count). The summed E-state index contributed by atoms with van der Waals surface area (Å²) in [5.41, 5.74) is -1.64. The molecule has 36 heavy (non-hydrogen) atoms. The Morgan fingerprint density at radius 2 is 1.11 bits per heavy atom. The van der Waals surface area contributed by atoms with Crippen molar-refractivity contribution in [1.29, 1.82) is 0 Å². The summed E-state index contributed by atoms with van der Waals surface area (Å²) < 4.78 is 133. The topological polar surface area (TPSA) is 50.3 Å². The van der Waals surface area contributed by atoms with E-state index in [-0.39, 0.29) is 48.6 Å². The standard InChI is InChI=1S/C30H21BN2O2S/c34-31(35)25-15-13-20(18-30(25)36)33-28-12-6-3-9-23(28)24-17-19(14-16-29(24)33)32-26-10-4-1-7-21(26)22-8-2-5-11-27(22)32/h1-18,34-36H/i1D,2D,3D,4D,5D,6D,7D,8D,9D,10D,11D,12D,14D,16D,17D. The van der Waals surface area contributed by atoms with E-state index in [1.807, 2.05) is 0 Å². The van der Waals surface area contributed by atoms with Crippen molar-refractivity contribution in [2.75, 3.05) is 0 Å². The number of hydrogen-bond acceptors (Lipinski definition) is 3. The Morgan fingerprint density at radius 1 is 0.611 bits per heavy atom. The van der Waals surface area contributed by atoms with Crippen LogP contribution in [0.3, 0.4) is 0 Å². The molecule has 0 unspecified atom stereocenters. The lowest BCUT2D eigenvalue weighted by Gasteiger charge is -2.12. The highest BCUT2D eigenvalue weighted by atomic mass is 32.1. The quantitative estimate of drug-likeness (QED) is 0.211. The molecule has 0 bridgehead atoms. The van der Waals surface area contributed by atoms with Crippen LogP contribution in [0.25, 0.3) is 55.0 Å². The molecule has 2 N–H and O–H groups in total. The predicted molar refractivity (Wildman–Crippen MR) is 152 cm³/mol. The lowest BCUT2D eigenvalue weighted by Crippen LogP contribution is -2.31. The Labute approximate surface area is 234 Å². The van der Waals surface area contributed by atoms with E-state index in [2.05, 4.69) is 12.6 Å². The summed E-state index contributed by atoms with van der Waals surface area (Å²) in [4.78, 5) is 0.0623. The first-order valence-electron chi connectivity index (χ1n) is 18.1. The number of rotatable bonds is 3. The summed E-state index contributed by atoms with van der Waals surface area (Å²) in [5, 5.41) is 18.4. The van der Waals surface area contributed by atoms with E-state index in [1.165, 1.54) is 22.8 Å². The Balaban J connectivity index is 1.80. The van der Waals surface area contributed by atoms with Crippen LogP contribution in [0, 0.1) is 0 Å². The molecule has 0 radical (unpaired) electrons. The van der Waals surface area contributed by atoms with Gasteiger partial charge in [-0.1, -0.05) is 60.4 Å². The smallest absolute Gasteiger partial charge is 0.423 e. The largest absolute Gasteiger partial charge is 0.489 e. The van der Waals surface area contributed by atoms with Crippen LogP contribution in [0.2, 0.25) is 0 Å². The van der Waals surface area contributed by atoms with Gasteiger partial charge in [0.15, 0.2) is 0 Å². The van der Waals surface area contributed by atoms with Gasteiger partial charge in [-0.05, 0) is 53.9 Å². The molecule has 2 aromatic heterocycles. The first-order valence-corrected chi connectivity index (χ1v) is 11.1. The van der Waals surface area contributed by atoms with E-state index in [4.69, 9.17) is 16.4 Å². The highest BCUT2D eigenvalue weighted by Gasteiger charge is 2.18. The van der Waals surface area contributed by atoms with E-state index in [0.717, 1.165) is 4.57 Å². The maximum Gasteiger partial charge on any atom is 0.489 e. The third-order valence-electron chi connectivity index (χ3n) is 5.95. The molecule has 0 fully saturated rings. The van der Waals surface area contributed by atoms with Crippen LogP contribution < -0.4 is 5.46 Å². The minimum Gasteiger partial charge on any atom is -0.423 e. The molecule has 6 heteroatoms. The van der Waals surface area contributed by atoms with Gasteiger partial charge in [-0.15, -0.1) is 12.6 Å². The molecule has 4 nitrogen and oxygen atoms in total. The third-order valence-corrected chi connectivity index (χ3v) is 6.34. The van der Waals surface area contributed by atoms with Crippen molar-refractivity contribution in [1.82, 2.24) is 9.13 Å². The van der Waals surface area contributed by atoms with E-state index in [1.54, 1.807) is 0 Å². The molecule has 5 aromatic carbocycles. The second kappa shape index (κ2) is 8.03. The Kier molecular flexibility index (Phi) is 2.45. The fraction of sp³-hybridized carbons (Fsp3) is 0. The first kappa shape index (κ1) is 11.0. The monoisotopic (exact) mass is 499 g/mol. The number of fused-ring (bicyclic) bond motifs is 6. The lowest BCUT2D eigenvalue weighted by molar-refractivity contribution is 0.425. The van der Waals surface area contributed by atoms with Crippen LogP contribution >= 0.6 is 12.6 Å². The highest BCUT2D eigenvalue weighted by Crippen LogP contribution is 2.36. The van der Waals surface area contributed by atoms with Crippen LogP contribution in [-0.4, -0.2) is 26.3 Å². The fourth-order valence-corrected chi connectivity index (χ4v) is 4.73. The van der Waals surface area contributed by atoms with E-state index < -0.39 is 114 Å². The molecule has 0 aliphatic heterocycles. The zero-order chi connectivity index (χ0) is 37.4. The van der Waals surface area contributed by atoms with E-state index in [0.29, 0.717) is 0 Å². The van der Waals surface area contributed by atoms with Crippen LogP contribution in [0.1, 0.15) is 20.6 Å². The van der Waals surface area contributed by atoms with Crippen LogP contribution in [0.15, 0.2) is 114 Å². The average molecular weight is 499 g/mol. The van der Waals surface area contributed by atoms with Crippen molar-refractivity contribution >= 4 is 68.8 Å². The number of para-hydroxylation sites is 3. The molecule has 0 aliphatic rings. The minimum atomic E-state index is -1.91. The van der Waals surface area contributed by atoms with Gasteiger partial charge < -0.3 is 19.2 Å². The summed E-state index contributed by atoms with van der Waals surface area (Å²) >= 11 is 4.34. The third kappa shape index (κ3) is 3.06. The molecule has 7 aromatic rings. The summed E-state index contributed by atoms with van der Waals surface area (Å²) in [6.07, 6.45) is 0. The predicted octanol–water partition coefficient (Wildman–Crippen LogP) is 5.85. The maximum atomic E-state index is 9.77. The van der Waals surface area contributed by atoms with Gasteiger partial charge in [-0.25, -0.2) is 0 Å². The average Bonchev–Trinajstić information content (AvgIpc) is 3.64. The van der Waals surface area contributed by atoms with Crippen molar-refractivity contribution in [3.05, 3.63) is 109 Å². The lowest BCUT2D eigenvalue weighted by atomic mass is 9.80. The van der Waals surface area contributed by atoms with Gasteiger partial charge in [0.1, 0.15) is 0 Å². The highest BCUT2D eigenvalue weighted by molar-refractivity contribution is 7.80. The van der Waals surface area contributed by atoms with Gasteiger partial charge in [0, 0.05) is 37.8 Å². The minimum absolute atomic E-state index is 0.000910. The number of thiol groups is 1. The summed E-state index contributed by atoms with van der Waals surface area (Å²) in [6, 6.07) is -6.06. The van der Waals surface area contributed by atoms with Gasteiger partial charge in [0.05, 0.1) is 42.6 Å². The molecule has 0 spiro atoms. The maximum absolute atomic E-state index is 9.77. The Bertz CT molecular complexity index is 2690. The second-order valence-electron chi connectivity index (χ2n) is 7.91. The molecule has 0 aliphatic carbocycles. The van der Waals surface area contributed by atoms with E-state index in [9.17, 15) is 14.2 Å². The molecule has 0 atom stereocenters. The molecule has 0 saturated heterocycles. The van der Waals surface area contributed by atoms with Gasteiger partial charge in [0.2, 0.25) is 0 Å². The normalized spacial score (nSPS) is 17.6. The van der Waals surface area contributed by atoms with E-state index >= 15 is 0 Å². The van der Waals surface area contributed by atoms with Gasteiger partial charge in [0.25, 0.3) is 0 Å². The number of nitrogens with zero attached hydrogens (tertiary/aromatic N) is 2. The zero-order valence-corrected chi connectivity index (χ0v) is 18.9. The molecule has 172 valence electrons. The summed E-state index contributed by atoms with van der Waals surface area (Å²) in [7, 11) is -1.91. The Hall–Kier alpha value is -3.97. The molecule has 2 heterocycles. The van der Waals surface area contributed by atoms with Gasteiger partial charge in [-0.2, -0.15) is 0 Å². The number of hydrogen-bond donors (Lipinski definition) is 3. The molecule has 0 saturated carbocycles. The molecular weight excluding hydrogens is 463 g/mol. The Morgan fingerprint density at radius 3 is 1.67 bits per heavy atom. The van der Waals surface area contributed by atoms with Crippen molar-refractivity contribution in [2.45, 2.75) is 4.90 Å². The molecular formula is C30H21BN2O2S. The van der Waals surface area contributed by atoms with Crippen molar-refractivity contribution in [3.8, 4) is 11.4 Å². The van der Waals surface area contributed by atoms with Crippen LogP contribution in [-0.2, 0) is 0 Å². The summed E-state index contributed by atoms with van der Waals surface area (Å²) in [5.74, 6) is 0. The first-order chi connectivity index (χ1) is 23.9.